The molecule has 2 aromatic carbocycles. The minimum Gasteiger partial charge on any atom is -0.394 e. The summed E-state index contributed by atoms with van der Waals surface area (Å²) in [6.07, 6.45) is 5.33. The van der Waals surface area contributed by atoms with Crippen molar-refractivity contribution in [3.05, 3.63) is 78.3 Å². The maximum Gasteiger partial charge on any atom is 0.394 e. The zero-order chi connectivity index (χ0) is 29.0. The average Bonchev–Trinajstić information content (AvgIpc) is 3.52. The van der Waals surface area contributed by atoms with Crippen LogP contribution in [0.4, 0.5) is 26.4 Å². The van der Waals surface area contributed by atoms with Gasteiger partial charge in [0, 0.05) is 39.2 Å². The molecule has 208 valence electrons. The molecule has 0 fully saturated rings. The monoisotopic (exact) mass is 586 g/mol. The number of primary amides is 1. The standard InChI is InChI=1S/C25H21FN6O2S.H2O4S/c26-17-2-1-3-19(10-17)32(25(28)34)18-6-4-15(5-7-18)21-14-35-23-20(12-29-24(27)22(21)23)16-11-30-31(13-16)8-9-33;1-5(2,3)4/h1-7,10-14,33H,8-9H2,(H2,27,29)(H2,28,34);(H2,1,2,3,4). The zero-order valence-corrected chi connectivity index (χ0v) is 22.2. The highest BCUT2D eigenvalue weighted by Gasteiger charge is 2.18. The number of halogens is 1. The SMILES string of the molecule is NC(=O)N(c1ccc(-c2csc3c(-c4cnn(CCO)c4)cnc(N)c23)cc1)c1cccc(F)c1.O=S(=O)(O)O. The maximum absolute atomic E-state index is 13.7. The van der Waals surface area contributed by atoms with Gasteiger partial charge < -0.3 is 16.6 Å². The number of fused-ring (bicyclic) bond motifs is 1. The number of aliphatic hydroxyl groups is 1. The van der Waals surface area contributed by atoms with Crippen LogP contribution in [0.1, 0.15) is 0 Å². The smallest absolute Gasteiger partial charge is 0.394 e. The van der Waals surface area contributed by atoms with E-state index in [0.717, 1.165) is 32.3 Å². The molecule has 0 spiro atoms. The van der Waals surface area contributed by atoms with Gasteiger partial charge in [-0.25, -0.2) is 14.2 Å². The maximum atomic E-state index is 13.7. The van der Waals surface area contributed by atoms with Crippen LogP contribution >= 0.6 is 11.3 Å². The molecule has 0 saturated heterocycles. The second kappa shape index (κ2) is 11.8. The predicted molar refractivity (Wildman–Crippen MR) is 150 cm³/mol. The number of aliphatic hydroxyl groups excluding tert-OH is 1. The molecule has 2 amide bonds. The van der Waals surface area contributed by atoms with E-state index in [0.29, 0.717) is 23.7 Å². The first-order valence-electron chi connectivity index (χ1n) is 11.4. The summed E-state index contributed by atoms with van der Waals surface area (Å²) in [6, 6.07) is 12.2. The van der Waals surface area contributed by atoms with Gasteiger partial charge in [-0.3, -0.25) is 18.7 Å². The highest BCUT2D eigenvalue weighted by Crippen LogP contribution is 2.42. The first-order chi connectivity index (χ1) is 19.0. The van der Waals surface area contributed by atoms with E-state index in [1.807, 2.05) is 23.7 Å². The number of benzene rings is 2. The number of nitrogens with two attached hydrogens (primary N) is 2. The van der Waals surface area contributed by atoms with Crippen LogP contribution in [0.5, 0.6) is 0 Å². The molecule has 0 radical (unpaired) electrons. The second-order valence-corrected chi connectivity index (χ2v) is 10.0. The lowest BCUT2D eigenvalue weighted by atomic mass is 10.0. The Morgan fingerprint density at radius 2 is 1.75 bits per heavy atom. The van der Waals surface area contributed by atoms with Gasteiger partial charge in [-0.05, 0) is 41.3 Å². The van der Waals surface area contributed by atoms with E-state index in [1.54, 1.807) is 46.6 Å². The number of nitrogens with zero attached hydrogens (tertiary/aromatic N) is 4. The minimum absolute atomic E-state index is 0.00204. The van der Waals surface area contributed by atoms with Crippen LogP contribution in [-0.2, 0) is 16.9 Å². The van der Waals surface area contributed by atoms with Gasteiger partial charge in [0.25, 0.3) is 0 Å². The molecule has 40 heavy (non-hydrogen) atoms. The Kier molecular flexibility index (Phi) is 8.41. The van der Waals surface area contributed by atoms with Crippen molar-refractivity contribution in [2.24, 2.45) is 5.73 Å². The van der Waals surface area contributed by atoms with Crippen LogP contribution in [-0.4, -0.2) is 50.0 Å². The fraction of sp³-hybridized carbons (Fsp3) is 0.0800. The Morgan fingerprint density at radius 1 is 1.05 bits per heavy atom. The molecule has 15 heteroatoms. The van der Waals surface area contributed by atoms with Crippen molar-refractivity contribution >= 4 is 55.0 Å². The Balaban J connectivity index is 0.000000681. The van der Waals surface area contributed by atoms with Crippen molar-refractivity contribution in [3.8, 4) is 22.3 Å². The van der Waals surface area contributed by atoms with E-state index >= 15 is 0 Å². The number of carbonyl (C=O) groups is 1. The first-order valence-corrected chi connectivity index (χ1v) is 13.7. The molecular weight excluding hydrogens is 563 g/mol. The van der Waals surface area contributed by atoms with Gasteiger partial charge >= 0.3 is 16.4 Å². The molecule has 7 N–H and O–H groups in total. The van der Waals surface area contributed by atoms with Crippen molar-refractivity contribution in [1.82, 2.24) is 14.8 Å². The Bertz CT molecular complexity index is 1760. The molecule has 0 aliphatic carbocycles. The van der Waals surface area contributed by atoms with E-state index in [2.05, 4.69) is 10.1 Å². The number of amides is 2. The molecule has 0 unspecified atom stereocenters. The predicted octanol–water partition coefficient (Wildman–Crippen LogP) is 4.10. The summed E-state index contributed by atoms with van der Waals surface area (Å²) in [7, 11) is -4.67. The Labute approximate surface area is 231 Å². The third-order valence-corrected chi connectivity index (χ3v) is 6.63. The number of aromatic nitrogens is 3. The van der Waals surface area contributed by atoms with Crippen molar-refractivity contribution in [2.75, 3.05) is 17.2 Å². The average molecular weight is 587 g/mol. The molecule has 3 heterocycles. The number of hydrogen-bond acceptors (Lipinski definition) is 8. The van der Waals surface area contributed by atoms with Crippen molar-refractivity contribution in [1.29, 1.82) is 0 Å². The quantitative estimate of drug-likeness (QED) is 0.182. The fourth-order valence-corrected chi connectivity index (χ4v) is 5.14. The normalized spacial score (nSPS) is 11.2. The van der Waals surface area contributed by atoms with E-state index in [9.17, 15) is 9.18 Å². The molecule has 3 aromatic heterocycles. The minimum atomic E-state index is -4.67. The van der Waals surface area contributed by atoms with Gasteiger partial charge in [-0.15, -0.1) is 11.3 Å². The molecule has 0 bridgehead atoms. The molecule has 0 aliphatic rings. The highest BCUT2D eigenvalue weighted by molar-refractivity contribution is 7.79. The van der Waals surface area contributed by atoms with Crippen molar-refractivity contribution in [3.63, 3.8) is 0 Å². The number of rotatable bonds is 6. The number of hydrogen-bond donors (Lipinski definition) is 5. The molecule has 5 aromatic rings. The summed E-state index contributed by atoms with van der Waals surface area (Å²) in [4.78, 5) is 17.8. The van der Waals surface area contributed by atoms with Gasteiger partial charge in [-0.1, -0.05) is 18.2 Å². The number of thiophene rings is 1. The molecule has 5 rings (SSSR count). The van der Waals surface area contributed by atoms with Gasteiger partial charge in [-0.2, -0.15) is 13.5 Å². The number of nitrogen functional groups attached to an aromatic ring is 1. The summed E-state index contributed by atoms with van der Waals surface area (Å²) in [5, 5.41) is 16.3. The Morgan fingerprint density at radius 3 is 2.38 bits per heavy atom. The molecule has 0 aliphatic heterocycles. The van der Waals surface area contributed by atoms with Crippen LogP contribution < -0.4 is 16.4 Å². The third kappa shape index (κ3) is 6.59. The molecule has 0 atom stereocenters. The zero-order valence-electron chi connectivity index (χ0n) is 20.5. The van der Waals surface area contributed by atoms with Crippen LogP contribution in [0.2, 0.25) is 0 Å². The molecule has 12 nitrogen and oxygen atoms in total. The fourth-order valence-electron chi connectivity index (χ4n) is 4.02. The van der Waals surface area contributed by atoms with Gasteiger partial charge in [0.1, 0.15) is 11.6 Å². The summed E-state index contributed by atoms with van der Waals surface area (Å²) < 4.78 is 48.0. The number of pyridine rings is 1. The van der Waals surface area contributed by atoms with Crippen LogP contribution in [0.25, 0.3) is 32.3 Å². The lowest BCUT2D eigenvalue weighted by Gasteiger charge is -2.21. The first kappa shape index (κ1) is 28.6. The summed E-state index contributed by atoms with van der Waals surface area (Å²) in [5.41, 5.74) is 16.3. The van der Waals surface area contributed by atoms with Crippen molar-refractivity contribution < 1.29 is 31.8 Å². The van der Waals surface area contributed by atoms with E-state index in [1.165, 1.54) is 23.1 Å². The van der Waals surface area contributed by atoms with E-state index in [4.69, 9.17) is 34.1 Å². The van der Waals surface area contributed by atoms with Crippen LogP contribution in [0.15, 0.2) is 72.5 Å². The topological polar surface area (TPSA) is 198 Å². The van der Waals surface area contributed by atoms with E-state index < -0.39 is 22.2 Å². The Hall–Kier alpha value is -4.41. The lowest BCUT2D eigenvalue weighted by Crippen LogP contribution is -2.31. The summed E-state index contributed by atoms with van der Waals surface area (Å²) in [6.45, 7) is 0.410. The number of carbonyl (C=O) groups excluding carboxylic acids is 1. The van der Waals surface area contributed by atoms with E-state index in [-0.39, 0.29) is 6.61 Å². The van der Waals surface area contributed by atoms with Gasteiger partial charge in [0.15, 0.2) is 0 Å². The highest BCUT2D eigenvalue weighted by atomic mass is 32.3. The molecule has 0 saturated carbocycles. The van der Waals surface area contributed by atoms with Crippen molar-refractivity contribution in [2.45, 2.75) is 6.54 Å². The third-order valence-electron chi connectivity index (χ3n) is 5.62. The second-order valence-electron chi connectivity index (χ2n) is 8.27. The lowest BCUT2D eigenvalue weighted by molar-refractivity contribution is 0.256. The van der Waals surface area contributed by atoms with Gasteiger partial charge in [0.2, 0.25) is 0 Å². The van der Waals surface area contributed by atoms with Gasteiger partial charge in [0.05, 0.1) is 30.7 Å². The number of urea groups is 1. The largest absolute Gasteiger partial charge is 0.394 e. The molecular formula is C25H23FN6O6S2. The van der Waals surface area contributed by atoms with Crippen LogP contribution in [0, 0.1) is 5.82 Å². The summed E-state index contributed by atoms with van der Waals surface area (Å²) >= 11 is 1.55. The van der Waals surface area contributed by atoms with Crippen LogP contribution in [0.3, 0.4) is 0 Å². The number of anilines is 3. The summed E-state index contributed by atoms with van der Waals surface area (Å²) in [5.74, 6) is -0.0545.